The van der Waals surface area contributed by atoms with Crippen LogP contribution in [-0.2, 0) is 0 Å². The highest BCUT2D eigenvalue weighted by Gasteiger charge is 2.13. The van der Waals surface area contributed by atoms with E-state index in [4.69, 9.17) is 0 Å². The number of benzene rings is 1. The average molecular weight is 303 g/mol. The van der Waals surface area contributed by atoms with Crippen LogP contribution in [0.15, 0.2) is 41.6 Å². The number of aromatic nitrogens is 1. The van der Waals surface area contributed by atoms with Gasteiger partial charge >= 0.3 is 5.69 Å². The first-order valence-corrected chi connectivity index (χ1v) is 5.85. The Balaban J connectivity index is 2.22. The Bertz CT molecular complexity index is 761. The maximum Gasteiger partial charge on any atom is 0.313 e. The number of nitrogens with zero attached hydrogens (tertiary/aromatic N) is 4. The van der Waals surface area contributed by atoms with Crippen LogP contribution in [0.2, 0.25) is 0 Å². The van der Waals surface area contributed by atoms with Crippen LogP contribution >= 0.6 is 0 Å². The molecule has 1 aromatic carbocycles. The zero-order chi connectivity index (χ0) is 16.1. The second-order valence-electron chi connectivity index (χ2n) is 4.00. The normalized spacial score (nSPS) is 10.5. The highest BCUT2D eigenvalue weighted by Crippen LogP contribution is 2.22. The van der Waals surface area contributed by atoms with Gasteiger partial charge in [-0.15, -0.1) is 0 Å². The van der Waals surface area contributed by atoms with E-state index in [1.54, 1.807) is 0 Å². The highest BCUT2D eigenvalue weighted by molar-refractivity contribution is 5.85. The van der Waals surface area contributed by atoms with E-state index in [2.05, 4.69) is 15.5 Å². The van der Waals surface area contributed by atoms with E-state index >= 15 is 0 Å². The lowest BCUT2D eigenvalue weighted by atomic mass is 10.2. The van der Waals surface area contributed by atoms with Gasteiger partial charge in [0.2, 0.25) is 5.82 Å². The van der Waals surface area contributed by atoms with Crippen molar-refractivity contribution in [2.24, 2.45) is 5.10 Å². The van der Waals surface area contributed by atoms with Crippen molar-refractivity contribution in [1.82, 2.24) is 4.98 Å². The molecule has 0 unspecified atom stereocenters. The van der Waals surface area contributed by atoms with Crippen LogP contribution in [0.1, 0.15) is 5.56 Å². The Morgan fingerprint density at radius 2 is 2.00 bits per heavy atom. The van der Waals surface area contributed by atoms with Crippen molar-refractivity contribution in [1.29, 1.82) is 0 Å². The standard InChI is InChI=1S/C12H9N5O5/c18-11-4-3-9(16(19)20)6-8(11)7-14-15-12-10(17(21)22)2-1-5-13-12/h1-7,18H,(H,13,15)/b14-7-. The van der Waals surface area contributed by atoms with E-state index in [9.17, 15) is 25.3 Å². The van der Waals surface area contributed by atoms with Crippen LogP contribution in [0.25, 0.3) is 0 Å². The maximum absolute atomic E-state index is 10.8. The van der Waals surface area contributed by atoms with Gasteiger partial charge in [0.25, 0.3) is 5.69 Å². The number of anilines is 1. The number of aromatic hydroxyl groups is 1. The molecule has 10 nitrogen and oxygen atoms in total. The van der Waals surface area contributed by atoms with Crippen molar-refractivity contribution >= 4 is 23.4 Å². The van der Waals surface area contributed by atoms with Crippen LogP contribution in [0.5, 0.6) is 5.75 Å². The molecule has 2 N–H and O–H groups in total. The molecule has 0 amide bonds. The lowest BCUT2D eigenvalue weighted by Gasteiger charge is -2.01. The van der Waals surface area contributed by atoms with Crippen LogP contribution < -0.4 is 5.43 Å². The van der Waals surface area contributed by atoms with Gasteiger partial charge in [0.05, 0.1) is 16.1 Å². The minimum Gasteiger partial charge on any atom is -0.507 e. The molecule has 1 aromatic heterocycles. The number of pyridine rings is 1. The summed E-state index contributed by atoms with van der Waals surface area (Å²) < 4.78 is 0. The van der Waals surface area contributed by atoms with Crippen LogP contribution in [0.3, 0.4) is 0 Å². The largest absolute Gasteiger partial charge is 0.507 e. The van der Waals surface area contributed by atoms with Gasteiger partial charge in [0.1, 0.15) is 5.75 Å². The Kier molecular flexibility index (Phi) is 4.22. The summed E-state index contributed by atoms with van der Waals surface area (Å²) in [5.74, 6) is -0.305. The average Bonchev–Trinajstić information content (AvgIpc) is 2.49. The molecule has 2 aromatic rings. The molecule has 0 saturated heterocycles. The zero-order valence-corrected chi connectivity index (χ0v) is 10.9. The van der Waals surface area contributed by atoms with E-state index in [1.807, 2.05) is 0 Å². The molecule has 0 spiro atoms. The molecule has 1 heterocycles. The van der Waals surface area contributed by atoms with Gasteiger partial charge in [-0.2, -0.15) is 5.10 Å². The molecule has 0 bridgehead atoms. The van der Waals surface area contributed by atoms with Gasteiger partial charge in [-0.05, 0) is 12.1 Å². The van der Waals surface area contributed by atoms with Gasteiger partial charge in [-0.25, -0.2) is 4.98 Å². The summed E-state index contributed by atoms with van der Waals surface area (Å²) in [5.41, 5.74) is 1.94. The number of non-ortho nitro benzene ring substituents is 1. The third-order valence-electron chi connectivity index (χ3n) is 2.58. The number of rotatable bonds is 5. The fourth-order valence-electron chi connectivity index (χ4n) is 1.55. The predicted molar refractivity (Wildman–Crippen MR) is 76.9 cm³/mol. The molecule has 0 atom stereocenters. The van der Waals surface area contributed by atoms with E-state index in [-0.39, 0.29) is 28.5 Å². The number of hydrogen-bond acceptors (Lipinski definition) is 8. The summed E-state index contributed by atoms with van der Waals surface area (Å²) in [7, 11) is 0. The Labute approximate surface area is 123 Å². The SMILES string of the molecule is O=[N+]([O-])c1ccc(O)c(/C=N\Nc2ncccc2[N+](=O)[O-])c1. The van der Waals surface area contributed by atoms with Crippen molar-refractivity contribution < 1.29 is 15.0 Å². The second kappa shape index (κ2) is 6.26. The molecule has 0 aliphatic heterocycles. The fourth-order valence-corrected chi connectivity index (χ4v) is 1.55. The molecule has 0 fully saturated rings. The van der Waals surface area contributed by atoms with Gasteiger partial charge in [0.15, 0.2) is 0 Å². The lowest BCUT2D eigenvalue weighted by Crippen LogP contribution is -1.99. The summed E-state index contributed by atoms with van der Waals surface area (Å²) in [5, 5.41) is 34.7. The minimum absolute atomic E-state index is 0.0836. The molecule has 10 heteroatoms. The predicted octanol–water partition coefficient (Wildman–Crippen LogP) is 2.05. The maximum atomic E-state index is 10.8. The number of nitro benzene ring substituents is 1. The molecule has 2 rings (SSSR count). The highest BCUT2D eigenvalue weighted by atomic mass is 16.6. The van der Waals surface area contributed by atoms with Gasteiger partial charge in [0, 0.05) is 30.0 Å². The summed E-state index contributed by atoms with van der Waals surface area (Å²) in [6, 6.07) is 6.06. The first-order valence-electron chi connectivity index (χ1n) is 5.85. The minimum atomic E-state index is -0.629. The monoisotopic (exact) mass is 303 g/mol. The Morgan fingerprint density at radius 3 is 2.68 bits per heavy atom. The lowest BCUT2D eigenvalue weighted by molar-refractivity contribution is -0.384. The number of hydrazone groups is 1. The molecule has 112 valence electrons. The molecule has 0 aliphatic rings. The molecule has 0 saturated carbocycles. The van der Waals surface area contributed by atoms with Crippen molar-refractivity contribution in [2.75, 3.05) is 5.43 Å². The van der Waals surface area contributed by atoms with Gasteiger partial charge in [-0.3, -0.25) is 25.7 Å². The number of nitrogens with one attached hydrogen (secondary N) is 1. The quantitative estimate of drug-likeness (QED) is 0.488. The summed E-state index contributed by atoms with van der Waals surface area (Å²) in [6.07, 6.45) is 2.44. The smallest absolute Gasteiger partial charge is 0.313 e. The van der Waals surface area contributed by atoms with Crippen molar-refractivity contribution in [3.63, 3.8) is 0 Å². The molecular weight excluding hydrogens is 294 g/mol. The van der Waals surface area contributed by atoms with E-state index in [0.29, 0.717) is 0 Å². The van der Waals surface area contributed by atoms with Gasteiger partial charge in [-0.1, -0.05) is 0 Å². The number of hydrogen-bond donors (Lipinski definition) is 2. The number of phenolic OH excluding ortho intramolecular Hbond substituents is 1. The Hall–Kier alpha value is -3.56. The Morgan fingerprint density at radius 1 is 1.23 bits per heavy atom. The summed E-state index contributed by atoms with van der Waals surface area (Å²) in [6.45, 7) is 0. The van der Waals surface area contributed by atoms with E-state index < -0.39 is 9.85 Å². The second-order valence-corrected chi connectivity index (χ2v) is 4.00. The summed E-state index contributed by atoms with van der Waals surface area (Å²) in [4.78, 5) is 24.0. The van der Waals surface area contributed by atoms with Crippen LogP contribution in [0.4, 0.5) is 17.2 Å². The van der Waals surface area contributed by atoms with Crippen LogP contribution in [0, 0.1) is 20.2 Å². The first kappa shape index (κ1) is 14.8. The third-order valence-corrected chi connectivity index (χ3v) is 2.58. The van der Waals surface area contributed by atoms with Crippen molar-refractivity contribution in [2.45, 2.75) is 0 Å². The molecular formula is C12H9N5O5. The van der Waals surface area contributed by atoms with Gasteiger partial charge < -0.3 is 5.11 Å². The van der Waals surface area contributed by atoms with Crippen LogP contribution in [-0.4, -0.2) is 26.2 Å². The third kappa shape index (κ3) is 3.30. The molecule has 0 radical (unpaired) electrons. The summed E-state index contributed by atoms with van der Waals surface area (Å²) >= 11 is 0. The molecule has 22 heavy (non-hydrogen) atoms. The van der Waals surface area contributed by atoms with Crippen molar-refractivity contribution in [3.05, 3.63) is 62.3 Å². The number of nitro groups is 2. The van der Waals surface area contributed by atoms with E-state index in [1.165, 1.54) is 18.3 Å². The topological polar surface area (TPSA) is 144 Å². The van der Waals surface area contributed by atoms with E-state index in [0.717, 1.165) is 24.4 Å². The molecule has 0 aliphatic carbocycles. The number of phenols is 1. The zero-order valence-electron chi connectivity index (χ0n) is 10.9. The first-order chi connectivity index (χ1) is 10.5. The fraction of sp³-hybridized carbons (Fsp3) is 0. The van der Waals surface area contributed by atoms with Crippen molar-refractivity contribution in [3.8, 4) is 5.75 Å².